The Morgan fingerprint density at radius 1 is 1.05 bits per heavy atom. The van der Waals surface area contributed by atoms with Gasteiger partial charge in [0, 0.05) is 19.2 Å². The lowest BCUT2D eigenvalue weighted by Gasteiger charge is -2.20. The Kier molecular flexibility index (Phi) is 5.20. The summed E-state index contributed by atoms with van der Waals surface area (Å²) < 4.78 is 12.8. The lowest BCUT2D eigenvalue weighted by molar-refractivity contribution is 0.186. The van der Waals surface area contributed by atoms with Crippen molar-refractivity contribution in [3.05, 3.63) is 83.6 Å². The molecule has 2 aromatic carbocycles. The first-order valence-electron chi connectivity index (χ1n) is 6.89. The van der Waals surface area contributed by atoms with Gasteiger partial charge in [-0.05, 0) is 17.7 Å². The van der Waals surface area contributed by atoms with Crippen LogP contribution < -0.4 is 0 Å². The topological polar surface area (TPSA) is 43.7 Å². The molecule has 3 nitrogen and oxygen atoms in total. The van der Waals surface area contributed by atoms with Gasteiger partial charge in [0.15, 0.2) is 0 Å². The fraction of sp³-hybridized carbons (Fsp3) is 0.111. The maximum atomic E-state index is 12.8. The number of hydrogen-bond donors (Lipinski definition) is 2. The maximum Gasteiger partial charge on any atom is 0.299 e. The fourth-order valence-electron chi connectivity index (χ4n) is 2.13. The lowest BCUT2D eigenvalue weighted by atomic mass is 10.1. The maximum absolute atomic E-state index is 12.8. The molecule has 0 aliphatic heterocycles. The van der Waals surface area contributed by atoms with Gasteiger partial charge in [-0.15, -0.1) is 0 Å². The van der Waals surface area contributed by atoms with Crippen molar-refractivity contribution in [2.24, 2.45) is 0 Å². The number of aliphatic hydroxyl groups is 2. The summed E-state index contributed by atoms with van der Waals surface area (Å²) in [6, 6.07) is 15.3. The minimum absolute atomic E-state index is 0.270. The molecule has 0 unspecified atom stereocenters. The van der Waals surface area contributed by atoms with Gasteiger partial charge in [-0.2, -0.15) is 0 Å². The standard InChI is InChI=1S/C18H18FNO2/c1-20(13-5-6-14-9-11-16(19)12-10-14)17(18(21)22)15-7-3-2-4-8-15/h2-12,21-22H,13H2,1H3/b6-5+. The Morgan fingerprint density at radius 2 is 1.68 bits per heavy atom. The molecule has 0 saturated carbocycles. The third-order valence-corrected chi connectivity index (χ3v) is 3.20. The van der Waals surface area contributed by atoms with Crippen molar-refractivity contribution in [3.63, 3.8) is 0 Å². The second kappa shape index (κ2) is 7.31. The Morgan fingerprint density at radius 3 is 2.27 bits per heavy atom. The second-order valence-corrected chi connectivity index (χ2v) is 4.87. The van der Waals surface area contributed by atoms with Crippen LogP contribution in [-0.2, 0) is 0 Å². The van der Waals surface area contributed by atoms with Crippen LogP contribution in [0.5, 0.6) is 0 Å². The number of likely N-dealkylation sites (N-methyl/N-ethyl adjacent to an activating group) is 1. The highest BCUT2D eigenvalue weighted by Gasteiger charge is 2.12. The second-order valence-electron chi connectivity index (χ2n) is 4.87. The van der Waals surface area contributed by atoms with E-state index in [2.05, 4.69) is 0 Å². The minimum Gasteiger partial charge on any atom is -0.480 e. The van der Waals surface area contributed by atoms with Crippen LogP contribution in [0.1, 0.15) is 11.1 Å². The van der Waals surface area contributed by atoms with Crippen LogP contribution in [0.25, 0.3) is 11.8 Å². The molecule has 0 saturated heterocycles. The molecule has 2 N–H and O–H groups in total. The van der Waals surface area contributed by atoms with Gasteiger partial charge in [0.2, 0.25) is 0 Å². The highest BCUT2D eigenvalue weighted by atomic mass is 19.1. The number of halogens is 1. The normalized spacial score (nSPS) is 10.6. The molecule has 0 atom stereocenters. The van der Waals surface area contributed by atoms with Crippen molar-refractivity contribution in [1.82, 2.24) is 4.90 Å². The van der Waals surface area contributed by atoms with Crippen LogP contribution in [0.2, 0.25) is 0 Å². The average Bonchev–Trinajstić information content (AvgIpc) is 2.50. The number of nitrogens with zero attached hydrogens (tertiary/aromatic N) is 1. The number of rotatable bonds is 5. The van der Waals surface area contributed by atoms with Crippen molar-refractivity contribution in [2.75, 3.05) is 13.6 Å². The molecule has 4 heteroatoms. The van der Waals surface area contributed by atoms with E-state index in [9.17, 15) is 14.6 Å². The lowest BCUT2D eigenvalue weighted by Crippen LogP contribution is -2.18. The number of aliphatic hydroxyl groups excluding tert-OH is 1. The van der Waals surface area contributed by atoms with Gasteiger partial charge in [-0.3, -0.25) is 0 Å². The Bertz CT molecular complexity index is 659. The summed E-state index contributed by atoms with van der Waals surface area (Å²) in [6.45, 7) is 0.478. The molecule has 0 aliphatic carbocycles. The van der Waals surface area contributed by atoms with E-state index in [4.69, 9.17) is 0 Å². The minimum atomic E-state index is -0.719. The summed E-state index contributed by atoms with van der Waals surface area (Å²) in [4.78, 5) is 1.73. The van der Waals surface area contributed by atoms with Gasteiger partial charge in [-0.1, -0.05) is 54.6 Å². The predicted molar refractivity (Wildman–Crippen MR) is 86.7 cm³/mol. The van der Waals surface area contributed by atoms with Gasteiger partial charge < -0.3 is 15.1 Å². The van der Waals surface area contributed by atoms with Crippen molar-refractivity contribution >= 4 is 11.8 Å². The molecule has 2 rings (SSSR count). The van der Waals surface area contributed by atoms with E-state index in [0.717, 1.165) is 11.1 Å². The van der Waals surface area contributed by atoms with E-state index in [-0.39, 0.29) is 5.82 Å². The summed E-state index contributed by atoms with van der Waals surface area (Å²) in [5.41, 5.74) is 1.96. The molecule has 0 fully saturated rings. The van der Waals surface area contributed by atoms with Crippen molar-refractivity contribution in [2.45, 2.75) is 0 Å². The third kappa shape index (κ3) is 4.12. The summed E-state index contributed by atoms with van der Waals surface area (Å²) in [6.07, 6.45) is 3.73. The first kappa shape index (κ1) is 15.6. The average molecular weight is 299 g/mol. The van der Waals surface area contributed by atoms with Gasteiger partial charge in [0.1, 0.15) is 11.5 Å². The summed E-state index contributed by atoms with van der Waals surface area (Å²) in [7, 11) is 1.77. The summed E-state index contributed by atoms with van der Waals surface area (Å²) >= 11 is 0. The zero-order chi connectivity index (χ0) is 15.9. The summed E-state index contributed by atoms with van der Waals surface area (Å²) in [5.74, 6) is -0.988. The fourth-order valence-corrected chi connectivity index (χ4v) is 2.13. The Balaban J connectivity index is 2.08. The predicted octanol–water partition coefficient (Wildman–Crippen LogP) is 4.21. The molecule has 0 heterocycles. The summed E-state index contributed by atoms with van der Waals surface area (Å²) in [5, 5.41) is 19.0. The zero-order valence-corrected chi connectivity index (χ0v) is 12.3. The molecule has 0 bridgehead atoms. The van der Waals surface area contributed by atoms with E-state index in [1.165, 1.54) is 12.1 Å². The van der Waals surface area contributed by atoms with Crippen molar-refractivity contribution < 1.29 is 14.6 Å². The highest BCUT2D eigenvalue weighted by molar-refractivity contribution is 5.64. The third-order valence-electron chi connectivity index (χ3n) is 3.20. The molecular formula is C18H18FNO2. The van der Waals surface area contributed by atoms with E-state index in [1.54, 1.807) is 24.1 Å². The van der Waals surface area contributed by atoms with Gasteiger partial charge in [-0.25, -0.2) is 4.39 Å². The molecule has 2 aromatic rings. The van der Waals surface area contributed by atoms with E-state index in [0.29, 0.717) is 12.2 Å². The Hall–Kier alpha value is -2.75. The molecule has 0 amide bonds. The van der Waals surface area contributed by atoms with Gasteiger partial charge >= 0.3 is 0 Å². The van der Waals surface area contributed by atoms with Crippen molar-refractivity contribution in [3.8, 4) is 0 Å². The van der Waals surface area contributed by atoms with Gasteiger partial charge in [0.05, 0.1) is 0 Å². The quantitative estimate of drug-likeness (QED) is 0.813. The molecular weight excluding hydrogens is 281 g/mol. The molecule has 0 aliphatic rings. The molecule has 0 radical (unpaired) electrons. The van der Waals surface area contributed by atoms with Crippen LogP contribution in [-0.4, -0.2) is 28.7 Å². The van der Waals surface area contributed by atoms with E-state index >= 15 is 0 Å². The van der Waals surface area contributed by atoms with Gasteiger partial charge in [0.25, 0.3) is 5.95 Å². The molecule has 0 spiro atoms. The SMILES string of the molecule is CN(C/C=C/c1ccc(F)cc1)C(=C(O)O)c1ccccc1. The Labute approximate surface area is 129 Å². The largest absolute Gasteiger partial charge is 0.480 e. The van der Waals surface area contributed by atoms with Crippen LogP contribution >= 0.6 is 0 Å². The van der Waals surface area contributed by atoms with Crippen LogP contribution in [0.15, 0.2) is 66.6 Å². The monoisotopic (exact) mass is 299 g/mol. The van der Waals surface area contributed by atoms with Crippen molar-refractivity contribution in [1.29, 1.82) is 0 Å². The van der Waals surface area contributed by atoms with E-state index in [1.807, 2.05) is 42.5 Å². The first-order valence-corrected chi connectivity index (χ1v) is 6.89. The molecule has 22 heavy (non-hydrogen) atoms. The van der Waals surface area contributed by atoms with E-state index < -0.39 is 5.95 Å². The highest BCUT2D eigenvalue weighted by Crippen LogP contribution is 2.19. The molecule has 0 aromatic heterocycles. The molecule has 114 valence electrons. The smallest absolute Gasteiger partial charge is 0.299 e. The van der Waals surface area contributed by atoms with Crippen LogP contribution in [0.4, 0.5) is 4.39 Å². The zero-order valence-electron chi connectivity index (χ0n) is 12.3. The first-order chi connectivity index (χ1) is 10.6. The van der Waals surface area contributed by atoms with Crippen LogP contribution in [0, 0.1) is 5.82 Å². The number of benzene rings is 2. The van der Waals surface area contributed by atoms with Crippen LogP contribution in [0.3, 0.4) is 0 Å². The number of hydrogen-bond acceptors (Lipinski definition) is 3.